The Labute approximate surface area is 168 Å². The molecule has 0 aliphatic carbocycles. The summed E-state index contributed by atoms with van der Waals surface area (Å²) in [4.78, 5) is 10.5. The first-order valence-corrected chi connectivity index (χ1v) is 10.7. The number of hydrogen-bond acceptors (Lipinski definition) is 5. The lowest BCUT2D eigenvalue weighted by atomic mass is 10.1. The van der Waals surface area contributed by atoms with Crippen molar-refractivity contribution in [2.75, 3.05) is 26.4 Å². The van der Waals surface area contributed by atoms with E-state index in [1.54, 1.807) is 27.7 Å². The lowest BCUT2D eigenvalue weighted by Gasteiger charge is -2.08. The number of aliphatic hydroxyl groups is 3. The molecule has 6 heteroatoms. The minimum atomic E-state index is -0.762. The van der Waals surface area contributed by atoms with Crippen LogP contribution in [0.25, 0.3) is 0 Å². The smallest absolute Gasteiger partial charge is 0.320 e. The van der Waals surface area contributed by atoms with Crippen molar-refractivity contribution in [1.29, 1.82) is 0 Å². The van der Waals surface area contributed by atoms with Gasteiger partial charge in [-0.3, -0.25) is 4.79 Å². The van der Waals surface area contributed by atoms with Gasteiger partial charge in [0.1, 0.15) is 6.04 Å². The fourth-order valence-corrected chi connectivity index (χ4v) is 2.02. The van der Waals surface area contributed by atoms with Gasteiger partial charge in [-0.2, -0.15) is 0 Å². The Morgan fingerprint density at radius 3 is 1.30 bits per heavy atom. The number of rotatable bonds is 13. The van der Waals surface area contributed by atoms with Crippen LogP contribution in [0, 0.1) is 0 Å². The fourth-order valence-electron chi connectivity index (χ4n) is 2.02. The highest BCUT2D eigenvalue weighted by Gasteiger charge is 2.07. The van der Waals surface area contributed by atoms with Gasteiger partial charge in [0, 0.05) is 19.8 Å². The predicted octanol–water partition coefficient (Wildman–Crippen LogP) is 3.97. The Balaban J connectivity index is -0.000000246. The van der Waals surface area contributed by atoms with E-state index in [0.717, 1.165) is 13.0 Å². The zero-order valence-electron chi connectivity index (χ0n) is 18.7. The lowest BCUT2D eigenvalue weighted by Crippen LogP contribution is -2.34. The Morgan fingerprint density at radius 1 is 0.704 bits per heavy atom. The molecule has 0 saturated heterocycles. The van der Waals surface area contributed by atoms with Crippen LogP contribution >= 0.6 is 0 Å². The molecule has 0 amide bonds. The third-order valence-corrected chi connectivity index (χ3v) is 3.35. The minimum Gasteiger partial charge on any atom is -0.480 e. The normalized spacial score (nSPS) is 10.4. The van der Waals surface area contributed by atoms with E-state index >= 15 is 0 Å². The average Bonchev–Trinajstić information content (AvgIpc) is 2.61. The summed E-state index contributed by atoms with van der Waals surface area (Å²) in [6, 6.07) is -0.413. The van der Waals surface area contributed by atoms with Crippen LogP contribution in [0.3, 0.4) is 0 Å². The molecule has 0 rings (SSSR count). The van der Waals surface area contributed by atoms with Crippen LogP contribution in [-0.2, 0) is 4.79 Å². The topological polar surface area (TPSA) is 110 Å². The van der Waals surface area contributed by atoms with Crippen LogP contribution in [0.5, 0.6) is 0 Å². The van der Waals surface area contributed by atoms with Crippen molar-refractivity contribution in [2.24, 2.45) is 0 Å². The number of carbonyl (C=O) groups is 1. The molecule has 0 fully saturated rings. The summed E-state index contributed by atoms with van der Waals surface area (Å²) in [5.41, 5.74) is 0. The number of aliphatic hydroxyl groups excluding tert-OH is 3. The van der Waals surface area contributed by atoms with E-state index in [-0.39, 0.29) is 19.8 Å². The quantitative estimate of drug-likeness (QED) is 0.302. The number of unbranched alkanes of at least 4 members (excludes halogenated alkanes) is 9. The van der Waals surface area contributed by atoms with Gasteiger partial charge in [0.15, 0.2) is 0 Å². The first-order valence-electron chi connectivity index (χ1n) is 10.7. The van der Waals surface area contributed by atoms with Crippen molar-refractivity contribution in [3.8, 4) is 0 Å². The standard InChI is InChI=1S/C15H31NO2.3C2H6O/c1-3-4-5-6-7-8-9-10-11-12-13-16-14(2)15(17)18;3*1-2-3/h14,16H,3-13H2,1-2H3,(H,17,18);3*3H,2H2,1H3. The highest BCUT2D eigenvalue weighted by atomic mass is 16.4. The lowest BCUT2D eigenvalue weighted by molar-refractivity contribution is -0.138. The number of carboxylic acids is 1. The summed E-state index contributed by atoms with van der Waals surface area (Å²) < 4.78 is 0. The molecule has 0 saturated carbocycles. The molecular weight excluding hydrogens is 346 g/mol. The van der Waals surface area contributed by atoms with Crippen molar-refractivity contribution in [1.82, 2.24) is 5.32 Å². The molecular formula is C21H49NO5. The number of nitrogens with one attached hydrogen (secondary N) is 1. The van der Waals surface area contributed by atoms with Gasteiger partial charge in [0.25, 0.3) is 0 Å². The third-order valence-electron chi connectivity index (χ3n) is 3.35. The average molecular weight is 396 g/mol. The third kappa shape index (κ3) is 51.7. The van der Waals surface area contributed by atoms with Crippen LogP contribution in [0.15, 0.2) is 0 Å². The van der Waals surface area contributed by atoms with Crippen LogP contribution in [0.4, 0.5) is 0 Å². The van der Waals surface area contributed by atoms with Crippen molar-refractivity contribution in [3.63, 3.8) is 0 Å². The van der Waals surface area contributed by atoms with E-state index in [2.05, 4.69) is 12.2 Å². The van der Waals surface area contributed by atoms with Gasteiger partial charge < -0.3 is 25.7 Å². The molecule has 168 valence electrons. The maximum atomic E-state index is 10.5. The van der Waals surface area contributed by atoms with Gasteiger partial charge in [0.2, 0.25) is 0 Å². The summed E-state index contributed by atoms with van der Waals surface area (Å²) in [7, 11) is 0. The van der Waals surface area contributed by atoms with Crippen molar-refractivity contribution in [3.05, 3.63) is 0 Å². The highest BCUT2D eigenvalue weighted by molar-refractivity contribution is 5.72. The molecule has 1 unspecified atom stereocenters. The van der Waals surface area contributed by atoms with Gasteiger partial charge in [-0.15, -0.1) is 0 Å². The SMILES string of the molecule is CCCCCCCCCCCCNC(C)C(=O)O.CCO.CCO.CCO. The van der Waals surface area contributed by atoms with Crippen molar-refractivity contribution in [2.45, 2.75) is 105 Å². The molecule has 0 aliphatic heterocycles. The first-order chi connectivity index (χ1) is 12.9. The van der Waals surface area contributed by atoms with Crippen LogP contribution in [0.2, 0.25) is 0 Å². The van der Waals surface area contributed by atoms with Crippen molar-refractivity contribution >= 4 is 5.97 Å². The highest BCUT2D eigenvalue weighted by Crippen LogP contribution is 2.10. The maximum Gasteiger partial charge on any atom is 0.320 e. The Kier molecular flexibility index (Phi) is 45.5. The van der Waals surface area contributed by atoms with E-state index < -0.39 is 12.0 Å². The zero-order chi connectivity index (χ0) is 21.8. The van der Waals surface area contributed by atoms with Gasteiger partial charge in [-0.25, -0.2) is 0 Å². The van der Waals surface area contributed by atoms with E-state index in [9.17, 15) is 4.79 Å². The van der Waals surface area contributed by atoms with Crippen LogP contribution in [-0.4, -0.2) is 58.8 Å². The molecule has 0 spiro atoms. The molecule has 6 nitrogen and oxygen atoms in total. The predicted molar refractivity (Wildman–Crippen MR) is 115 cm³/mol. The first kappa shape index (κ1) is 33.9. The van der Waals surface area contributed by atoms with Crippen molar-refractivity contribution < 1.29 is 25.2 Å². The van der Waals surface area contributed by atoms with Gasteiger partial charge in [-0.1, -0.05) is 64.7 Å². The molecule has 1 atom stereocenters. The molecule has 0 radical (unpaired) electrons. The molecule has 27 heavy (non-hydrogen) atoms. The molecule has 0 aromatic rings. The summed E-state index contributed by atoms with van der Waals surface area (Å²) in [6.45, 7) is 10.6. The second-order valence-corrected chi connectivity index (χ2v) is 6.14. The second-order valence-electron chi connectivity index (χ2n) is 6.14. The number of hydrogen-bond donors (Lipinski definition) is 5. The van der Waals surface area contributed by atoms with Crippen LogP contribution in [0.1, 0.15) is 98.8 Å². The van der Waals surface area contributed by atoms with E-state index in [1.807, 2.05) is 0 Å². The number of aliphatic carboxylic acids is 1. The summed E-state index contributed by atoms with van der Waals surface area (Å²) in [6.07, 6.45) is 13.2. The summed E-state index contributed by atoms with van der Waals surface area (Å²) in [5.74, 6) is -0.762. The number of carboxylic acid groups (broad SMARTS) is 1. The monoisotopic (exact) mass is 395 g/mol. The second kappa shape index (κ2) is 36.3. The summed E-state index contributed by atoms with van der Waals surface area (Å²) in [5, 5.41) is 34.4. The summed E-state index contributed by atoms with van der Waals surface area (Å²) >= 11 is 0. The van der Waals surface area contributed by atoms with Gasteiger partial charge in [-0.05, 0) is 40.7 Å². The van der Waals surface area contributed by atoms with Crippen LogP contribution < -0.4 is 5.32 Å². The molecule has 5 N–H and O–H groups in total. The van der Waals surface area contributed by atoms with E-state index in [4.69, 9.17) is 20.4 Å². The molecule has 0 aliphatic rings. The molecule has 0 heterocycles. The van der Waals surface area contributed by atoms with E-state index in [0.29, 0.717) is 0 Å². The molecule has 0 bridgehead atoms. The Hall–Kier alpha value is -0.690. The minimum absolute atomic E-state index is 0.250. The molecule has 0 aromatic carbocycles. The maximum absolute atomic E-state index is 10.5. The van der Waals surface area contributed by atoms with Gasteiger partial charge >= 0.3 is 5.97 Å². The van der Waals surface area contributed by atoms with E-state index in [1.165, 1.54) is 57.8 Å². The molecule has 0 aromatic heterocycles. The Bertz CT molecular complexity index is 236. The Morgan fingerprint density at radius 2 is 1.00 bits per heavy atom. The van der Waals surface area contributed by atoms with Gasteiger partial charge in [0.05, 0.1) is 0 Å². The fraction of sp³-hybridized carbons (Fsp3) is 0.952. The largest absolute Gasteiger partial charge is 0.480 e. The zero-order valence-corrected chi connectivity index (χ0v) is 18.7.